The zero-order valence-electron chi connectivity index (χ0n) is 13.7. The van der Waals surface area contributed by atoms with Gasteiger partial charge in [-0.05, 0) is 25.9 Å². The largest absolute Gasteiger partial charge is 0.433 e. The number of carbonyl (C=O) groups is 1. The van der Waals surface area contributed by atoms with Crippen molar-refractivity contribution < 1.29 is 18.4 Å². The van der Waals surface area contributed by atoms with E-state index in [2.05, 4.69) is 20.4 Å². The van der Waals surface area contributed by atoms with Gasteiger partial charge in [0.1, 0.15) is 0 Å². The van der Waals surface area contributed by atoms with Crippen LogP contribution in [0.25, 0.3) is 0 Å². The lowest BCUT2D eigenvalue weighted by Gasteiger charge is -2.30. The molecular formula is C15H30O4Si. The van der Waals surface area contributed by atoms with E-state index in [0.29, 0.717) is 18.6 Å². The SMILES string of the molecule is C=C(C)C(=O)OC(CCC)O[Si](C)(CC)OCCCC. The van der Waals surface area contributed by atoms with Gasteiger partial charge >= 0.3 is 14.5 Å². The van der Waals surface area contributed by atoms with Crippen LogP contribution in [0.3, 0.4) is 0 Å². The van der Waals surface area contributed by atoms with E-state index in [4.69, 9.17) is 13.6 Å². The lowest BCUT2D eigenvalue weighted by atomic mass is 10.3. The fourth-order valence-corrected chi connectivity index (χ4v) is 3.26. The van der Waals surface area contributed by atoms with Crippen LogP contribution in [0, 0.1) is 0 Å². The first-order chi connectivity index (χ1) is 9.38. The highest BCUT2D eigenvalue weighted by Gasteiger charge is 2.33. The lowest BCUT2D eigenvalue weighted by Crippen LogP contribution is -2.43. The summed E-state index contributed by atoms with van der Waals surface area (Å²) in [5.74, 6) is -0.399. The van der Waals surface area contributed by atoms with Crippen LogP contribution < -0.4 is 0 Å². The topological polar surface area (TPSA) is 44.8 Å². The second-order valence-electron chi connectivity index (χ2n) is 5.21. The van der Waals surface area contributed by atoms with Crippen LogP contribution in [0.15, 0.2) is 12.2 Å². The molecule has 2 atom stereocenters. The van der Waals surface area contributed by atoms with E-state index in [-0.39, 0.29) is 0 Å². The summed E-state index contributed by atoms with van der Waals surface area (Å²) in [6, 6.07) is 0.835. The van der Waals surface area contributed by atoms with Gasteiger partial charge in [0.15, 0.2) is 6.29 Å². The van der Waals surface area contributed by atoms with Gasteiger partial charge in [0.25, 0.3) is 0 Å². The molecule has 5 heteroatoms. The average Bonchev–Trinajstić information content (AvgIpc) is 2.39. The van der Waals surface area contributed by atoms with E-state index < -0.39 is 20.8 Å². The number of carbonyl (C=O) groups excluding carboxylic acids is 1. The quantitative estimate of drug-likeness (QED) is 0.189. The molecule has 0 N–H and O–H groups in total. The van der Waals surface area contributed by atoms with Crippen molar-refractivity contribution in [3.63, 3.8) is 0 Å². The maximum absolute atomic E-state index is 11.6. The normalized spacial score (nSPS) is 15.4. The van der Waals surface area contributed by atoms with E-state index in [1.54, 1.807) is 6.92 Å². The molecular weight excluding hydrogens is 272 g/mol. The number of esters is 1. The second-order valence-corrected chi connectivity index (χ2v) is 8.71. The van der Waals surface area contributed by atoms with Crippen molar-refractivity contribution in [3.8, 4) is 0 Å². The summed E-state index contributed by atoms with van der Waals surface area (Å²) < 4.78 is 17.3. The fourth-order valence-electron chi connectivity index (χ4n) is 1.53. The van der Waals surface area contributed by atoms with Gasteiger partial charge in [-0.15, -0.1) is 0 Å². The Hall–Kier alpha value is -0.653. The molecule has 0 amide bonds. The molecule has 0 saturated heterocycles. The average molecular weight is 302 g/mol. The molecule has 0 aliphatic carbocycles. The monoisotopic (exact) mass is 302 g/mol. The first-order valence-electron chi connectivity index (χ1n) is 7.56. The van der Waals surface area contributed by atoms with Crippen LogP contribution in [0.1, 0.15) is 53.4 Å². The zero-order chi connectivity index (χ0) is 15.6. The van der Waals surface area contributed by atoms with Gasteiger partial charge in [-0.2, -0.15) is 0 Å². The van der Waals surface area contributed by atoms with E-state index in [1.165, 1.54) is 0 Å². The fraction of sp³-hybridized carbons (Fsp3) is 0.800. The Kier molecular flexibility index (Phi) is 9.80. The van der Waals surface area contributed by atoms with Gasteiger partial charge in [0, 0.05) is 18.6 Å². The molecule has 4 nitrogen and oxygen atoms in total. The molecule has 0 radical (unpaired) electrons. The maximum Gasteiger partial charge on any atom is 0.337 e. The molecule has 2 unspecified atom stereocenters. The van der Waals surface area contributed by atoms with Crippen LogP contribution in [-0.4, -0.2) is 27.4 Å². The summed E-state index contributed by atoms with van der Waals surface area (Å²) in [7, 11) is -2.27. The number of hydrogen-bond donors (Lipinski definition) is 0. The highest BCUT2D eigenvalue weighted by atomic mass is 28.4. The Bertz CT molecular complexity index is 306. The summed E-state index contributed by atoms with van der Waals surface area (Å²) in [5.41, 5.74) is 0.390. The molecule has 0 rings (SSSR count). The van der Waals surface area contributed by atoms with Gasteiger partial charge in [0.2, 0.25) is 0 Å². The molecule has 20 heavy (non-hydrogen) atoms. The van der Waals surface area contributed by atoms with E-state index in [9.17, 15) is 4.79 Å². The molecule has 0 bridgehead atoms. The van der Waals surface area contributed by atoms with Gasteiger partial charge in [-0.3, -0.25) is 0 Å². The molecule has 0 heterocycles. The van der Waals surface area contributed by atoms with Crippen molar-refractivity contribution in [2.24, 2.45) is 0 Å². The van der Waals surface area contributed by atoms with Gasteiger partial charge in [-0.1, -0.05) is 40.2 Å². The van der Waals surface area contributed by atoms with Crippen LogP contribution >= 0.6 is 0 Å². The molecule has 0 aliphatic rings. The van der Waals surface area contributed by atoms with Crippen LogP contribution in [0.5, 0.6) is 0 Å². The van der Waals surface area contributed by atoms with Crippen molar-refractivity contribution in [1.29, 1.82) is 0 Å². The summed E-state index contributed by atoms with van der Waals surface area (Å²) >= 11 is 0. The van der Waals surface area contributed by atoms with Crippen molar-refractivity contribution in [2.75, 3.05) is 6.61 Å². The first-order valence-corrected chi connectivity index (χ1v) is 10.1. The minimum atomic E-state index is -2.27. The molecule has 0 aromatic rings. The molecule has 0 aromatic heterocycles. The molecule has 0 aromatic carbocycles. The third-order valence-electron chi connectivity index (χ3n) is 3.04. The van der Waals surface area contributed by atoms with Crippen molar-refractivity contribution in [1.82, 2.24) is 0 Å². The predicted molar refractivity (Wildman–Crippen MR) is 83.6 cm³/mol. The molecule has 0 spiro atoms. The third-order valence-corrected chi connectivity index (χ3v) is 5.90. The number of unbranched alkanes of at least 4 members (excludes halogenated alkanes) is 1. The summed E-state index contributed by atoms with van der Waals surface area (Å²) in [6.07, 6.45) is 3.16. The van der Waals surface area contributed by atoms with Crippen LogP contribution in [-0.2, 0) is 18.4 Å². The lowest BCUT2D eigenvalue weighted by molar-refractivity contribution is -0.162. The Labute approximate surface area is 124 Å². The minimum absolute atomic E-state index is 0.390. The summed E-state index contributed by atoms with van der Waals surface area (Å²) in [6.45, 7) is 14.2. The van der Waals surface area contributed by atoms with Gasteiger partial charge in [-0.25, -0.2) is 4.79 Å². The van der Waals surface area contributed by atoms with Gasteiger partial charge in [0.05, 0.1) is 0 Å². The minimum Gasteiger partial charge on any atom is -0.433 e. The van der Waals surface area contributed by atoms with Gasteiger partial charge < -0.3 is 13.6 Å². The van der Waals surface area contributed by atoms with Crippen LogP contribution in [0.2, 0.25) is 12.6 Å². The molecule has 0 fully saturated rings. The smallest absolute Gasteiger partial charge is 0.337 e. The van der Waals surface area contributed by atoms with E-state index >= 15 is 0 Å². The Morgan fingerprint density at radius 1 is 1.25 bits per heavy atom. The van der Waals surface area contributed by atoms with E-state index in [0.717, 1.165) is 25.3 Å². The third kappa shape index (κ3) is 7.82. The Balaban J connectivity index is 4.57. The molecule has 118 valence electrons. The first kappa shape index (κ1) is 19.3. The Morgan fingerprint density at radius 3 is 2.35 bits per heavy atom. The Morgan fingerprint density at radius 2 is 1.90 bits per heavy atom. The van der Waals surface area contributed by atoms with Crippen molar-refractivity contribution in [3.05, 3.63) is 12.2 Å². The van der Waals surface area contributed by atoms with Crippen LogP contribution in [0.4, 0.5) is 0 Å². The molecule has 0 aliphatic heterocycles. The van der Waals surface area contributed by atoms with Crippen molar-refractivity contribution in [2.45, 2.75) is 72.3 Å². The highest BCUT2D eigenvalue weighted by molar-refractivity contribution is 6.65. The summed E-state index contributed by atoms with van der Waals surface area (Å²) in [5, 5.41) is 0. The molecule has 0 saturated carbocycles. The summed E-state index contributed by atoms with van der Waals surface area (Å²) in [4.78, 5) is 11.6. The number of rotatable bonds is 11. The maximum atomic E-state index is 11.6. The number of hydrogen-bond acceptors (Lipinski definition) is 4. The number of ether oxygens (including phenoxy) is 1. The highest BCUT2D eigenvalue weighted by Crippen LogP contribution is 2.20. The predicted octanol–water partition coefficient (Wildman–Crippen LogP) is 4.16. The standard InChI is InChI=1S/C15H30O4Si/c1-7-10-12-17-20(6,9-3)19-14(11-8-2)18-15(16)13(4)5/h14H,4,7-12H2,1-3,5-6H3. The zero-order valence-corrected chi connectivity index (χ0v) is 14.7. The van der Waals surface area contributed by atoms with Crippen molar-refractivity contribution >= 4 is 14.5 Å². The second kappa shape index (κ2) is 10.1. The van der Waals surface area contributed by atoms with E-state index in [1.807, 2.05) is 13.5 Å².